The zero-order chi connectivity index (χ0) is 30.2. The number of carbonyl (C=O) groups excluding carboxylic acids is 1. The van der Waals surface area contributed by atoms with Gasteiger partial charge in [-0.05, 0) is 19.7 Å². The van der Waals surface area contributed by atoms with Gasteiger partial charge in [-0.1, -0.05) is 0 Å². The molecule has 2 heterocycles. The Morgan fingerprint density at radius 2 is 2.04 bits per heavy atom. The first kappa shape index (κ1) is 6.83. The molecule has 0 bridgehead atoms. The summed E-state index contributed by atoms with van der Waals surface area (Å²) in [5.41, 5.74) is -6.15. The normalized spacial score (nSPS) is 23.3. The van der Waals surface area contributed by atoms with Crippen LogP contribution in [0.5, 0.6) is 0 Å². The molecule has 2 aromatic heterocycles. The van der Waals surface area contributed by atoms with Crippen molar-refractivity contribution in [2.75, 3.05) is 13.8 Å². The Hall–Kier alpha value is -2.42. The molecule has 0 aliphatic rings. The highest BCUT2D eigenvalue weighted by Crippen LogP contribution is 2.08. The summed E-state index contributed by atoms with van der Waals surface area (Å²) in [6, 6.07) is 0. The summed E-state index contributed by atoms with van der Waals surface area (Å²) in [5.74, 6) is -2.33. The third-order valence-corrected chi connectivity index (χ3v) is 2.99. The number of nitrogens with zero attached hydrogens (tertiary/aromatic N) is 5. The highest BCUT2D eigenvalue weighted by atomic mass is 16.3. The van der Waals surface area contributed by atoms with E-state index in [1.165, 1.54) is 0 Å². The van der Waals surface area contributed by atoms with Crippen LogP contribution in [0.4, 0.5) is 0 Å². The number of aliphatic hydroxyl groups excluding tert-OH is 1. The smallest absolute Gasteiger partial charge is 0.332 e. The maximum Gasteiger partial charge on any atom is 0.332 e. The summed E-state index contributed by atoms with van der Waals surface area (Å²) in [5, 5.41) is 9.10. The largest absolute Gasteiger partial charge is 0.376 e. The summed E-state index contributed by atoms with van der Waals surface area (Å²) in [6.07, 6.45) is -12.4. The molecule has 2 aromatic rings. The first-order valence-corrected chi connectivity index (χ1v) is 6.38. The molecule has 0 radical (unpaired) electrons. The monoisotopic (exact) mass is 351 g/mol. The van der Waals surface area contributed by atoms with Crippen LogP contribution < -0.4 is 11.2 Å². The molecule has 9 heteroatoms. The van der Waals surface area contributed by atoms with E-state index >= 15 is 0 Å². The Kier molecular flexibility index (Phi) is 1.99. The van der Waals surface area contributed by atoms with Crippen LogP contribution in [0.2, 0.25) is 0 Å². The summed E-state index contributed by atoms with van der Waals surface area (Å²) in [4.78, 5) is 42.9. The van der Waals surface area contributed by atoms with E-state index in [9.17, 15) is 14.4 Å². The Balaban J connectivity index is 3.11. The molecule has 0 aromatic carbocycles. The van der Waals surface area contributed by atoms with Crippen molar-refractivity contribution in [3.63, 3.8) is 0 Å². The van der Waals surface area contributed by atoms with Crippen molar-refractivity contribution in [1.29, 1.82) is 0 Å². The minimum atomic E-state index is -4.31. The Labute approximate surface area is 158 Å². The summed E-state index contributed by atoms with van der Waals surface area (Å²) in [6.45, 7) is -11.1. The molecule has 9 nitrogen and oxygen atoms in total. The van der Waals surface area contributed by atoms with Gasteiger partial charge >= 0.3 is 5.69 Å². The molecular formula is C15H23N5O4. The second-order valence-electron chi connectivity index (χ2n) is 4.56. The van der Waals surface area contributed by atoms with Crippen LogP contribution >= 0.6 is 0 Å². The van der Waals surface area contributed by atoms with Gasteiger partial charge in [0.25, 0.3) is 5.56 Å². The highest BCUT2D eigenvalue weighted by Gasteiger charge is 2.16. The Morgan fingerprint density at radius 1 is 1.33 bits per heavy atom. The maximum atomic E-state index is 13.4. The minimum Gasteiger partial charge on any atom is -0.376 e. The second-order valence-corrected chi connectivity index (χ2v) is 4.56. The van der Waals surface area contributed by atoms with E-state index in [1.807, 2.05) is 0 Å². The van der Waals surface area contributed by atoms with Gasteiger partial charge in [0.05, 0.1) is 2.74 Å². The van der Waals surface area contributed by atoms with Crippen molar-refractivity contribution in [1.82, 2.24) is 23.6 Å². The molecule has 0 aliphatic carbocycles. The Bertz CT molecular complexity index is 1380. The van der Waals surface area contributed by atoms with Gasteiger partial charge in [-0.3, -0.25) is 18.7 Å². The van der Waals surface area contributed by atoms with Gasteiger partial charge in [0.2, 0.25) is 5.91 Å². The first-order valence-electron chi connectivity index (χ1n) is 13.4. The van der Waals surface area contributed by atoms with Crippen molar-refractivity contribution in [2.24, 2.45) is 14.0 Å². The summed E-state index contributed by atoms with van der Waals surface area (Å²) >= 11 is 0. The van der Waals surface area contributed by atoms with Crippen molar-refractivity contribution in [2.45, 2.75) is 32.5 Å². The molecule has 0 fully saturated rings. The van der Waals surface area contributed by atoms with Gasteiger partial charge in [-0.25, -0.2) is 9.78 Å². The average Bonchev–Trinajstić information content (AvgIpc) is 3.07. The fourth-order valence-electron chi connectivity index (χ4n) is 1.68. The quantitative estimate of drug-likeness (QED) is 0.695. The van der Waals surface area contributed by atoms with Crippen LogP contribution in [0.15, 0.2) is 9.59 Å². The highest BCUT2D eigenvalue weighted by molar-refractivity contribution is 5.75. The van der Waals surface area contributed by atoms with Crippen LogP contribution in [0, 0.1) is 6.92 Å². The minimum absolute atomic E-state index is 0.210. The number of aliphatic hydroxyl groups is 1. The number of fused-ring (bicyclic) bond motifs is 1. The van der Waals surface area contributed by atoms with E-state index in [0.717, 1.165) is 14.0 Å². The number of carbonyl (C=O) groups is 1. The molecule has 0 saturated carbocycles. The van der Waals surface area contributed by atoms with Crippen LogP contribution in [0.25, 0.3) is 11.2 Å². The lowest BCUT2D eigenvalue weighted by molar-refractivity contribution is -0.133. The van der Waals surface area contributed by atoms with Crippen LogP contribution in [0.3, 0.4) is 0 Å². The topological polar surface area (TPSA) is 102 Å². The van der Waals surface area contributed by atoms with Gasteiger partial charge in [0, 0.05) is 50.3 Å². The van der Waals surface area contributed by atoms with E-state index in [4.69, 9.17) is 24.3 Å². The molecule has 0 unspecified atom stereocenters. The molecular weight excluding hydrogens is 314 g/mol. The van der Waals surface area contributed by atoms with Crippen LogP contribution in [0.1, 0.15) is 44.1 Å². The molecule has 0 saturated heterocycles. The van der Waals surface area contributed by atoms with E-state index in [1.54, 1.807) is 0 Å². The molecule has 0 aliphatic heterocycles. The SMILES string of the molecule is [2H]C([2H])([2H])n1c(C)nc2c1c(=O)n(C([2H])([2H])C([2H])([2H])C([2H])([2H])C([2H])([2H])C(=O)N(C)CO)c(=O)n2C([2H])([2H])[2H]. The van der Waals surface area contributed by atoms with Gasteiger partial charge < -0.3 is 14.6 Å². The lowest BCUT2D eigenvalue weighted by atomic mass is 10.2. The zero-order valence-electron chi connectivity index (χ0n) is 26.6. The van der Waals surface area contributed by atoms with Gasteiger partial charge in [-0.2, -0.15) is 0 Å². The molecule has 1 N–H and O–H groups in total. The van der Waals surface area contributed by atoms with Gasteiger partial charge in [0.1, 0.15) is 12.6 Å². The maximum absolute atomic E-state index is 13.4. The molecule has 1 amide bonds. The van der Waals surface area contributed by atoms with Gasteiger partial charge in [-0.15, -0.1) is 0 Å². The lowest BCUT2D eigenvalue weighted by Gasteiger charge is -2.13. The molecule has 0 spiro atoms. The molecule has 0 atom stereocenters. The van der Waals surface area contributed by atoms with Crippen molar-refractivity contribution in [3.05, 3.63) is 26.7 Å². The fourth-order valence-corrected chi connectivity index (χ4v) is 1.68. The third-order valence-electron chi connectivity index (χ3n) is 2.99. The molecule has 132 valence electrons. The number of hydrogen-bond donors (Lipinski definition) is 1. The number of hydrogen-bond acceptors (Lipinski definition) is 5. The number of aryl methyl sites for hydroxylation is 3. The predicted octanol–water partition coefficient (Wildman–Crippen LogP) is -0.679. The first-order chi connectivity index (χ1) is 16.7. The third kappa shape index (κ3) is 3.12. The number of amides is 1. The van der Waals surface area contributed by atoms with E-state index < -0.39 is 85.0 Å². The molecule has 24 heavy (non-hydrogen) atoms. The standard InChI is InChI=1S/C15H23N5O4/c1-10-16-13-12(18(10)3)14(23)20(15(24)19(13)4)8-6-5-7-11(22)17(2)9-21/h21H,5-9H2,1-4H3/i3D3,4D3,5D2,6D2,7D2,8D2. The van der Waals surface area contributed by atoms with Crippen LogP contribution in [-0.2, 0) is 25.2 Å². The van der Waals surface area contributed by atoms with E-state index in [2.05, 4.69) is 4.98 Å². The lowest BCUT2D eigenvalue weighted by Crippen LogP contribution is -2.39. The summed E-state index contributed by atoms with van der Waals surface area (Å²) in [7, 11) is 0.826. The summed E-state index contributed by atoms with van der Waals surface area (Å²) < 4.78 is 110. The van der Waals surface area contributed by atoms with Crippen molar-refractivity contribution in [3.8, 4) is 0 Å². The van der Waals surface area contributed by atoms with Gasteiger partial charge in [0.15, 0.2) is 11.2 Å². The van der Waals surface area contributed by atoms with Crippen molar-refractivity contribution >= 4 is 17.1 Å². The van der Waals surface area contributed by atoms with E-state index in [-0.39, 0.29) is 14.0 Å². The average molecular weight is 351 g/mol. The van der Waals surface area contributed by atoms with Crippen molar-refractivity contribution < 1.29 is 29.1 Å². The second kappa shape index (κ2) is 7.00. The fraction of sp³-hybridized carbons (Fsp3) is 0.600. The Morgan fingerprint density at radius 3 is 2.67 bits per heavy atom. The predicted molar refractivity (Wildman–Crippen MR) is 88.7 cm³/mol. The molecule has 2 rings (SSSR count). The zero-order valence-corrected chi connectivity index (χ0v) is 12.6. The number of rotatable bonds is 6. The number of imidazole rings is 1. The van der Waals surface area contributed by atoms with E-state index in [0.29, 0.717) is 0 Å². The number of aromatic nitrogens is 4. The van der Waals surface area contributed by atoms with Crippen LogP contribution in [-0.4, -0.2) is 48.4 Å².